The van der Waals surface area contributed by atoms with Gasteiger partial charge in [0.25, 0.3) is 0 Å². The number of rotatable bonds is 5. The molecule has 1 aromatic heterocycles. The van der Waals surface area contributed by atoms with Crippen LogP contribution in [-0.4, -0.2) is 39.6 Å². The van der Waals surface area contributed by atoms with Crippen molar-refractivity contribution >= 4 is 28.6 Å². The Kier molecular flexibility index (Phi) is 6.14. The molecule has 3 aromatic rings. The van der Waals surface area contributed by atoms with Gasteiger partial charge in [-0.3, -0.25) is 4.79 Å². The van der Waals surface area contributed by atoms with E-state index in [1.807, 2.05) is 35.2 Å². The maximum absolute atomic E-state index is 12.8. The van der Waals surface area contributed by atoms with Crippen LogP contribution in [0.1, 0.15) is 32.3 Å². The standard InChI is InChI=1S/C24H27N3OS/c1-3-18-9-10-21-20(15-18)24(26-23(25-21)19-7-5-4-6-8-19)29-16-22(28)27-13-11-17(2)12-14-27/h4-10,15,17H,3,11-14,16H2,1-2H3. The van der Waals surface area contributed by atoms with Crippen molar-refractivity contribution in [2.45, 2.75) is 38.1 Å². The van der Waals surface area contributed by atoms with E-state index in [9.17, 15) is 4.79 Å². The van der Waals surface area contributed by atoms with E-state index in [2.05, 4.69) is 32.0 Å². The Hall–Kier alpha value is -2.40. The largest absolute Gasteiger partial charge is 0.342 e. The molecule has 0 unspecified atom stereocenters. The van der Waals surface area contributed by atoms with Crippen LogP contribution in [0.4, 0.5) is 0 Å². The predicted octanol–water partition coefficient (Wildman–Crippen LogP) is 5.21. The number of fused-ring (bicyclic) bond motifs is 1. The Bertz CT molecular complexity index is 998. The number of carbonyl (C=O) groups is 1. The number of hydrogen-bond acceptors (Lipinski definition) is 4. The van der Waals surface area contributed by atoms with Gasteiger partial charge in [0.15, 0.2) is 5.82 Å². The monoisotopic (exact) mass is 405 g/mol. The number of aromatic nitrogens is 2. The number of piperidine rings is 1. The zero-order valence-corrected chi connectivity index (χ0v) is 17.9. The van der Waals surface area contributed by atoms with Crippen molar-refractivity contribution in [3.8, 4) is 11.4 Å². The SMILES string of the molecule is CCc1ccc2nc(-c3ccccc3)nc(SCC(=O)N3CCC(C)CC3)c2c1. The lowest BCUT2D eigenvalue weighted by Crippen LogP contribution is -2.38. The van der Waals surface area contributed by atoms with E-state index in [1.165, 1.54) is 17.3 Å². The van der Waals surface area contributed by atoms with Gasteiger partial charge in [0.1, 0.15) is 5.03 Å². The maximum Gasteiger partial charge on any atom is 0.232 e. The Labute approximate surface area is 176 Å². The minimum absolute atomic E-state index is 0.210. The molecule has 2 heterocycles. The second-order valence-electron chi connectivity index (χ2n) is 7.78. The summed E-state index contributed by atoms with van der Waals surface area (Å²) >= 11 is 1.54. The molecule has 5 heteroatoms. The molecule has 0 spiro atoms. The molecule has 0 atom stereocenters. The smallest absolute Gasteiger partial charge is 0.232 e. The van der Waals surface area contributed by atoms with Gasteiger partial charge in [-0.2, -0.15) is 0 Å². The van der Waals surface area contributed by atoms with Crippen LogP contribution in [-0.2, 0) is 11.2 Å². The molecule has 1 fully saturated rings. The zero-order valence-electron chi connectivity index (χ0n) is 17.1. The number of hydrogen-bond donors (Lipinski definition) is 0. The van der Waals surface area contributed by atoms with Crippen LogP contribution in [0.2, 0.25) is 0 Å². The third-order valence-electron chi connectivity index (χ3n) is 5.63. The maximum atomic E-state index is 12.8. The first-order valence-electron chi connectivity index (χ1n) is 10.4. The lowest BCUT2D eigenvalue weighted by molar-refractivity contribution is -0.129. The fourth-order valence-corrected chi connectivity index (χ4v) is 4.59. The molecule has 0 radical (unpaired) electrons. The van der Waals surface area contributed by atoms with Gasteiger partial charge in [0.05, 0.1) is 11.3 Å². The summed E-state index contributed by atoms with van der Waals surface area (Å²) in [4.78, 5) is 24.4. The van der Waals surface area contributed by atoms with Gasteiger partial charge in [0.2, 0.25) is 5.91 Å². The predicted molar refractivity (Wildman–Crippen MR) is 120 cm³/mol. The second-order valence-corrected chi connectivity index (χ2v) is 8.74. The van der Waals surface area contributed by atoms with E-state index in [1.54, 1.807) is 0 Å². The highest BCUT2D eigenvalue weighted by atomic mass is 32.2. The van der Waals surface area contributed by atoms with Gasteiger partial charge in [-0.15, -0.1) is 0 Å². The van der Waals surface area contributed by atoms with Gasteiger partial charge < -0.3 is 4.90 Å². The van der Waals surface area contributed by atoms with Crippen molar-refractivity contribution in [1.82, 2.24) is 14.9 Å². The normalized spacial score (nSPS) is 15.0. The molecule has 0 saturated carbocycles. The summed E-state index contributed by atoms with van der Waals surface area (Å²) in [5, 5.41) is 1.93. The van der Waals surface area contributed by atoms with Crippen molar-refractivity contribution < 1.29 is 4.79 Å². The summed E-state index contributed by atoms with van der Waals surface area (Å²) < 4.78 is 0. The van der Waals surface area contributed by atoms with Crippen LogP contribution in [0.25, 0.3) is 22.3 Å². The van der Waals surface area contributed by atoms with Crippen molar-refractivity contribution in [3.05, 3.63) is 54.1 Å². The fraction of sp³-hybridized carbons (Fsp3) is 0.375. The highest BCUT2D eigenvalue weighted by Gasteiger charge is 2.21. The van der Waals surface area contributed by atoms with Gasteiger partial charge in [-0.25, -0.2) is 9.97 Å². The van der Waals surface area contributed by atoms with Crippen LogP contribution >= 0.6 is 11.8 Å². The number of carbonyl (C=O) groups excluding carboxylic acids is 1. The lowest BCUT2D eigenvalue weighted by atomic mass is 9.99. The van der Waals surface area contributed by atoms with Gasteiger partial charge in [0, 0.05) is 24.0 Å². The van der Waals surface area contributed by atoms with E-state index in [4.69, 9.17) is 9.97 Å². The number of thioether (sulfide) groups is 1. The minimum atomic E-state index is 0.210. The number of benzene rings is 2. The summed E-state index contributed by atoms with van der Waals surface area (Å²) in [6.07, 6.45) is 3.17. The van der Waals surface area contributed by atoms with Crippen molar-refractivity contribution in [1.29, 1.82) is 0 Å². The molecule has 0 bridgehead atoms. The van der Waals surface area contributed by atoms with Crippen molar-refractivity contribution in [2.75, 3.05) is 18.8 Å². The Balaban J connectivity index is 1.63. The highest BCUT2D eigenvalue weighted by molar-refractivity contribution is 8.00. The van der Waals surface area contributed by atoms with E-state index < -0.39 is 0 Å². The van der Waals surface area contributed by atoms with Crippen LogP contribution in [0.3, 0.4) is 0 Å². The molecular formula is C24H27N3OS. The van der Waals surface area contributed by atoms with E-state index in [-0.39, 0.29) is 5.91 Å². The number of likely N-dealkylation sites (tertiary alicyclic amines) is 1. The van der Waals surface area contributed by atoms with Gasteiger partial charge >= 0.3 is 0 Å². The molecule has 0 aliphatic carbocycles. The molecule has 4 nitrogen and oxygen atoms in total. The molecular weight excluding hydrogens is 378 g/mol. The quantitative estimate of drug-likeness (QED) is 0.432. The molecule has 2 aromatic carbocycles. The average molecular weight is 406 g/mol. The molecule has 1 amide bonds. The lowest BCUT2D eigenvalue weighted by Gasteiger charge is -2.30. The Morgan fingerprint density at radius 3 is 2.59 bits per heavy atom. The summed E-state index contributed by atoms with van der Waals surface area (Å²) in [5.74, 6) is 2.06. The Morgan fingerprint density at radius 2 is 1.86 bits per heavy atom. The van der Waals surface area contributed by atoms with Crippen LogP contribution in [0.5, 0.6) is 0 Å². The average Bonchev–Trinajstić information content (AvgIpc) is 2.77. The second kappa shape index (κ2) is 8.95. The van der Waals surface area contributed by atoms with E-state index in [0.717, 1.165) is 59.8 Å². The number of amides is 1. The third-order valence-corrected chi connectivity index (χ3v) is 6.61. The van der Waals surface area contributed by atoms with Crippen molar-refractivity contribution in [3.63, 3.8) is 0 Å². The van der Waals surface area contributed by atoms with E-state index in [0.29, 0.717) is 11.6 Å². The first-order valence-corrected chi connectivity index (χ1v) is 11.4. The minimum Gasteiger partial charge on any atom is -0.342 e. The third kappa shape index (κ3) is 4.61. The van der Waals surface area contributed by atoms with Gasteiger partial charge in [-0.05, 0) is 42.9 Å². The zero-order chi connectivity index (χ0) is 20.2. The first-order chi connectivity index (χ1) is 14.1. The molecule has 1 aliphatic heterocycles. The van der Waals surface area contributed by atoms with Gasteiger partial charge in [-0.1, -0.05) is 62.0 Å². The summed E-state index contributed by atoms with van der Waals surface area (Å²) in [6, 6.07) is 16.4. The number of nitrogens with zero attached hydrogens (tertiary/aromatic N) is 3. The molecule has 29 heavy (non-hydrogen) atoms. The highest BCUT2D eigenvalue weighted by Crippen LogP contribution is 2.30. The molecule has 1 saturated heterocycles. The topological polar surface area (TPSA) is 46.1 Å². The Morgan fingerprint density at radius 1 is 1.10 bits per heavy atom. The molecule has 150 valence electrons. The molecule has 1 aliphatic rings. The van der Waals surface area contributed by atoms with Crippen molar-refractivity contribution in [2.24, 2.45) is 5.92 Å². The number of aryl methyl sites for hydroxylation is 1. The first kappa shape index (κ1) is 19.9. The fourth-order valence-electron chi connectivity index (χ4n) is 3.67. The van der Waals surface area contributed by atoms with Crippen LogP contribution in [0.15, 0.2) is 53.6 Å². The summed E-state index contributed by atoms with van der Waals surface area (Å²) in [5.41, 5.74) is 3.18. The molecule has 4 rings (SSSR count). The molecule has 0 N–H and O–H groups in total. The van der Waals surface area contributed by atoms with Crippen LogP contribution in [0, 0.1) is 5.92 Å². The van der Waals surface area contributed by atoms with E-state index >= 15 is 0 Å². The summed E-state index contributed by atoms with van der Waals surface area (Å²) in [6.45, 7) is 6.16. The summed E-state index contributed by atoms with van der Waals surface area (Å²) in [7, 11) is 0. The van der Waals surface area contributed by atoms with Crippen LogP contribution < -0.4 is 0 Å².